The van der Waals surface area contributed by atoms with Crippen molar-refractivity contribution in [3.05, 3.63) is 51.6 Å². The van der Waals surface area contributed by atoms with Crippen LogP contribution in [-0.4, -0.2) is 23.1 Å². The van der Waals surface area contributed by atoms with Crippen LogP contribution in [0.3, 0.4) is 0 Å². The number of ether oxygens (including phenoxy) is 1. The first-order chi connectivity index (χ1) is 8.52. The molecule has 0 aliphatic rings. The first-order valence-corrected chi connectivity index (χ1v) is 5.18. The van der Waals surface area contributed by atoms with E-state index in [0.29, 0.717) is 0 Å². The number of carbonyl (C=O) groups excluding carboxylic acids is 1. The van der Waals surface area contributed by atoms with Crippen molar-refractivity contribution >= 4 is 11.7 Å². The maximum absolute atomic E-state index is 11.4. The number of nitro benzene ring substituents is 1. The Labute approximate surface area is 104 Å². The van der Waals surface area contributed by atoms with Crippen LogP contribution in [0.1, 0.15) is 18.6 Å². The van der Waals surface area contributed by atoms with Gasteiger partial charge in [0, 0.05) is 6.07 Å². The Morgan fingerprint density at radius 1 is 1.50 bits per heavy atom. The summed E-state index contributed by atoms with van der Waals surface area (Å²) in [6.07, 6.45) is -0.0169. The predicted molar refractivity (Wildman–Crippen MR) is 63.8 cm³/mol. The molecule has 6 heteroatoms. The lowest BCUT2D eigenvalue weighted by molar-refractivity contribution is -0.386. The summed E-state index contributed by atoms with van der Waals surface area (Å²) < 4.78 is 4.51. The van der Waals surface area contributed by atoms with Crippen LogP contribution in [0.5, 0.6) is 0 Å². The highest BCUT2D eigenvalue weighted by atomic mass is 16.6. The molecule has 0 aromatic heterocycles. The van der Waals surface area contributed by atoms with E-state index in [-0.39, 0.29) is 16.8 Å². The van der Waals surface area contributed by atoms with Gasteiger partial charge in [0.15, 0.2) is 0 Å². The molecular formula is C12H13NO5. The fourth-order valence-corrected chi connectivity index (χ4v) is 1.56. The topological polar surface area (TPSA) is 89.7 Å². The van der Waals surface area contributed by atoms with Gasteiger partial charge in [0.05, 0.1) is 23.2 Å². The van der Waals surface area contributed by atoms with Crippen LogP contribution in [0.4, 0.5) is 5.69 Å². The van der Waals surface area contributed by atoms with Crippen molar-refractivity contribution in [2.75, 3.05) is 7.11 Å². The second-order valence-corrected chi connectivity index (χ2v) is 3.45. The molecule has 0 aliphatic heterocycles. The van der Waals surface area contributed by atoms with E-state index in [1.807, 2.05) is 0 Å². The number of nitrogens with zero attached hydrogens (tertiary/aromatic N) is 1. The van der Waals surface area contributed by atoms with Crippen molar-refractivity contribution in [1.29, 1.82) is 0 Å². The van der Waals surface area contributed by atoms with Gasteiger partial charge in [-0.2, -0.15) is 0 Å². The molecule has 1 N–H and O–H groups in total. The molecule has 1 atom stereocenters. The third-order valence-corrected chi connectivity index (χ3v) is 2.45. The monoisotopic (exact) mass is 251 g/mol. The van der Waals surface area contributed by atoms with Crippen LogP contribution in [0.15, 0.2) is 35.9 Å². The minimum Gasteiger partial charge on any atom is -0.466 e. The molecule has 96 valence electrons. The number of hydrogen-bond donors (Lipinski definition) is 1. The quantitative estimate of drug-likeness (QED) is 0.381. The molecule has 0 heterocycles. The molecule has 0 aliphatic carbocycles. The number of aliphatic hydroxyl groups excluding tert-OH is 1. The Morgan fingerprint density at radius 2 is 2.11 bits per heavy atom. The molecule has 0 spiro atoms. The van der Waals surface area contributed by atoms with E-state index in [2.05, 4.69) is 4.74 Å². The second kappa shape index (κ2) is 5.92. The summed E-state index contributed by atoms with van der Waals surface area (Å²) in [5.41, 5.74) is -0.221. The molecule has 0 fully saturated rings. The molecule has 1 unspecified atom stereocenters. The lowest BCUT2D eigenvalue weighted by Gasteiger charge is -2.13. The summed E-state index contributed by atoms with van der Waals surface area (Å²) in [6.45, 7) is 1.55. The minimum atomic E-state index is -1.39. The van der Waals surface area contributed by atoms with Crippen LogP contribution in [0, 0.1) is 10.1 Å². The average molecular weight is 251 g/mol. The van der Waals surface area contributed by atoms with Crippen molar-refractivity contribution < 1.29 is 19.6 Å². The SMILES string of the molecule is C/C=C(\C(=O)OC)C(O)c1ccccc1[N+](=O)[O-]. The van der Waals surface area contributed by atoms with Gasteiger partial charge in [0.2, 0.25) is 0 Å². The molecule has 6 nitrogen and oxygen atoms in total. The van der Waals surface area contributed by atoms with Crippen molar-refractivity contribution in [3.63, 3.8) is 0 Å². The fourth-order valence-electron chi connectivity index (χ4n) is 1.56. The maximum Gasteiger partial charge on any atom is 0.336 e. The number of allylic oxidation sites excluding steroid dienone is 1. The molecule has 0 amide bonds. The average Bonchev–Trinajstić information content (AvgIpc) is 2.39. The van der Waals surface area contributed by atoms with E-state index in [0.717, 1.165) is 0 Å². The van der Waals surface area contributed by atoms with E-state index in [4.69, 9.17) is 0 Å². The zero-order chi connectivity index (χ0) is 13.7. The lowest BCUT2D eigenvalue weighted by Crippen LogP contribution is -2.14. The number of para-hydroxylation sites is 1. The number of benzene rings is 1. The van der Waals surface area contributed by atoms with E-state index >= 15 is 0 Å². The maximum atomic E-state index is 11.4. The summed E-state index contributed by atoms with van der Waals surface area (Å²) in [7, 11) is 1.18. The Morgan fingerprint density at radius 3 is 2.61 bits per heavy atom. The van der Waals surface area contributed by atoms with Crippen molar-refractivity contribution in [3.8, 4) is 0 Å². The Hall–Kier alpha value is -2.21. The van der Waals surface area contributed by atoms with Gasteiger partial charge in [-0.15, -0.1) is 0 Å². The molecule has 1 aromatic rings. The first kappa shape index (κ1) is 13.9. The standard InChI is InChI=1S/C12H13NO5/c1-3-8(12(15)18-2)11(14)9-6-4-5-7-10(9)13(16)17/h3-7,11,14H,1-2H3/b8-3-. The molecule has 0 radical (unpaired) electrons. The highest BCUT2D eigenvalue weighted by Crippen LogP contribution is 2.29. The van der Waals surface area contributed by atoms with Crippen molar-refractivity contribution in [2.45, 2.75) is 13.0 Å². The number of hydrogen-bond acceptors (Lipinski definition) is 5. The zero-order valence-corrected chi connectivity index (χ0v) is 9.99. The highest BCUT2D eigenvalue weighted by Gasteiger charge is 2.26. The van der Waals surface area contributed by atoms with Gasteiger partial charge < -0.3 is 9.84 Å². The number of carbonyl (C=O) groups is 1. The molecule has 0 saturated carbocycles. The molecule has 0 bridgehead atoms. The van der Waals surface area contributed by atoms with E-state index in [1.54, 1.807) is 13.0 Å². The Balaban J connectivity index is 3.22. The summed E-state index contributed by atoms with van der Waals surface area (Å²) in [6, 6.07) is 5.70. The van der Waals surface area contributed by atoms with Gasteiger partial charge in [-0.1, -0.05) is 18.2 Å². The molecule has 0 saturated heterocycles. The normalized spacial score (nSPS) is 12.9. The van der Waals surface area contributed by atoms with Gasteiger partial charge in [-0.05, 0) is 13.0 Å². The van der Waals surface area contributed by atoms with Gasteiger partial charge in [0.25, 0.3) is 5.69 Å². The Bertz CT molecular complexity index is 495. The third kappa shape index (κ3) is 2.72. The van der Waals surface area contributed by atoms with E-state index in [1.165, 1.54) is 31.4 Å². The molecule has 18 heavy (non-hydrogen) atoms. The first-order valence-electron chi connectivity index (χ1n) is 5.18. The van der Waals surface area contributed by atoms with Crippen LogP contribution in [0.2, 0.25) is 0 Å². The lowest BCUT2D eigenvalue weighted by atomic mass is 10.00. The summed E-state index contributed by atoms with van der Waals surface area (Å²) in [5, 5.41) is 20.9. The fraction of sp³-hybridized carbons (Fsp3) is 0.250. The number of aliphatic hydroxyl groups is 1. The third-order valence-electron chi connectivity index (χ3n) is 2.45. The van der Waals surface area contributed by atoms with Crippen LogP contribution in [0.25, 0.3) is 0 Å². The van der Waals surface area contributed by atoms with Crippen LogP contribution in [-0.2, 0) is 9.53 Å². The number of methoxy groups -OCH3 is 1. The second-order valence-electron chi connectivity index (χ2n) is 3.45. The van der Waals surface area contributed by atoms with Crippen molar-refractivity contribution in [2.24, 2.45) is 0 Å². The van der Waals surface area contributed by atoms with Crippen LogP contribution >= 0.6 is 0 Å². The summed E-state index contributed by atoms with van der Waals surface area (Å²) >= 11 is 0. The van der Waals surface area contributed by atoms with Crippen molar-refractivity contribution in [1.82, 2.24) is 0 Å². The summed E-state index contributed by atoms with van der Waals surface area (Å²) in [5.74, 6) is -0.719. The minimum absolute atomic E-state index is 0.0354. The largest absolute Gasteiger partial charge is 0.466 e. The van der Waals surface area contributed by atoms with Crippen LogP contribution < -0.4 is 0 Å². The predicted octanol–water partition coefficient (Wildman–Crippen LogP) is 1.75. The number of rotatable bonds is 4. The molecule has 1 rings (SSSR count). The summed E-state index contributed by atoms with van der Waals surface area (Å²) in [4.78, 5) is 21.6. The Kier molecular flexibility index (Phi) is 4.56. The van der Waals surface area contributed by atoms with Gasteiger partial charge in [-0.25, -0.2) is 4.79 Å². The molecular weight excluding hydrogens is 238 g/mol. The van der Waals surface area contributed by atoms with Gasteiger partial charge in [-0.3, -0.25) is 10.1 Å². The van der Waals surface area contributed by atoms with Gasteiger partial charge >= 0.3 is 5.97 Å². The smallest absolute Gasteiger partial charge is 0.336 e. The highest BCUT2D eigenvalue weighted by molar-refractivity contribution is 5.89. The number of esters is 1. The number of nitro groups is 1. The molecule has 1 aromatic carbocycles. The van der Waals surface area contributed by atoms with E-state index in [9.17, 15) is 20.0 Å². The van der Waals surface area contributed by atoms with Gasteiger partial charge in [0.1, 0.15) is 6.10 Å². The van der Waals surface area contributed by atoms with E-state index < -0.39 is 17.0 Å². The zero-order valence-electron chi connectivity index (χ0n) is 9.99.